The summed E-state index contributed by atoms with van der Waals surface area (Å²) in [4.78, 5) is 10.8. The molecule has 0 N–H and O–H groups in total. The lowest BCUT2D eigenvalue weighted by atomic mass is 10.1. The lowest BCUT2D eigenvalue weighted by Crippen LogP contribution is -2.08. The molecule has 0 bridgehead atoms. The second kappa shape index (κ2) is 9.00. The molecular formula is C11H22O3. The van der Waals surface area contributed by atoms with Crippen molar-refractivity contribution in [3.05, 3.63) is 0 Å². The zero-order valence-electron chi connectivity index (χ0n) is 9.54. The first-order valence-electron chi connectivity index (χ1n) is 5.35. The summed E-state index contributed by atoms with van der Waals surface area (Å²) in [5.41, 5.74) is 0. The van der Waals surface area contributed by atoms with E-state index in [-0.39, 0.29) is 5.97 Å². The van der Waals surface area contributed by atoms with Gasteiger partial charge in [0.2, 0.25) is 0 Å². The van der Waals surface area contributed by atoms with Crippen LogP contribution in [0.5, 0.6) is 0 Å². The van der Waals surface area contributed by atoms with Crippen LogP contribution in [0.2, 0.25) is 0 Å². The summed E-state index contributed by atoms with van der Waals surface area (Å²) >= 11 is 0. The molecule has 1 unspecified atom stereocenters. The molecular weight excluding hydrogens is 180 g/mol. The predicted molar refractivity (Wildman–Crippen MR) is 56.1 cm³/mol. The summed E-state index contributed by atoms with van der Waals surface area (Å²) in [5.74, 6) is 0.415. The summed E-state index contributed by atoms with van der Waals surface area (Å²) in [7, 11) is 1.43. The molecule has 3 heteroatoms. The molecule has 3 nitrogen and oxygen atoms in total. The molecule has 0 saturated heterocycles. The molecule has 1 atom stereocenters. The third kappa shape index (κ3) is 8.05. The van der Waals surface area contributed by atoms with Crippen LogP contribution >= 0.6 is 0 Å². The van der Waals surface area contributed by atoms with E-state index in [1.54, 1.807) is 0 Å². The van der Waals surface area contributed by atoms with Crippen molar-refractivity contribution in [3.8, 4) is 0 Å². The van der Waals surface area contributed by atoms with Gasteiger partial charge in [0, 0.05) is 19.6 Å². The number of rotatable bonds is 8. The molecule has 14 heavy (non-hydrogen) atoms. The highest BCUT2D eigenvalue weighted by Crippen LogP contribution is 2.08. The topological polar surface area (TPSA) is 35.5 Å². The Morgan fingerprint density at radius 2 is 2.14 bits per heavy atom. The third-order valence-electron chi connectivity index (χ3n) is 2.06. The summed E-state index contributed by atoms with van der Waals surface area (Å²) < 4.78 is 9.97. The van der Waals surface area contributed by atoms with Crippen LogP contribution in [0.25, 0.3) is 0 Å². The van der Waals surface area contributed by atoms with Crippen molar-refractivity contribution >= 4 is 5.97 Å². The largest absolute Gasteiger partial charge is 0.469 e. The number of carbonyl (C=O) groups excluding carboxylic acids is 1. The summed E-state index contributed by atoms with van der Waals surface area (Å²) in [6, 6.07) is 0. The Morgan fingerprint density at radius 1 is 1.43 bits per heavy atom. The van der Waals surface area contributed by atoms with Gasteiger partial charge < -0.3 is 9.47 Å². The van der Waals surface area contributed by atoms with Crippen molar-refractivity contribution in [2.24, 2.45) is 5.92 Å². The zero-order valence-corrected chi connectivity index (χ0v) is 9.54. The molecule has 0 aliphatic rings. The Balaban J connectivity index is 3.26. The van der Waals surface area contributed by atoms with E-state index in [0.29, 0.717) is 12.3 Å². The summed E-state index contributed by atoms with van der Waals surface area (Å²) in [6.45, 7) is 5.88. The molecule has 0 saturated carbocycles. The van der Waals surface area contributed by atoms with E-state index in [2.05, 4.69) is 18.6 Å². The van der Waals surface area contributed by atoms with Gasteiger partial charge in [0.25, 0.3) is 0 Å². The van der Waals surface area contributed by atoms with E-state index >= 15 is 0 Å². The summed E-state index contributed by atoms with van der Waals surface area (Å²) in [5, 5.41) is 0. The second-order valence-corrected chi connectivity index (χ2v) is 3.65. The fourth-order valence-electron chi connectivity index (χ4n) is 1.21. The number of methoxy groups -OCH3 is 1. The van der Waals surface area contributed by atoms with Crippen molar-refractivity contribution in [1.29, 1.82) is 0 Å². The first-order valence-corrected chi connectivity index (χ1v) is 5.35. The smallest absolute Gasteiger partial charge is 0.305 e. The van der Waals surface area contributed by atoms with Crippen LogP contribution in [0.4, 0.5) is 0 Å². The third-order valence-corrected chi connectivity index (χ3v) is 2.06. The first kappa shape index (κ1) is 13.4. The molecule has 0 fully saturated rings. The fourth-order valence-corrected chi connectivity index (χ4v) is 1.21. The van der Waals surface area contributed by atoms with Gasteiger partial charge in [-0.1, -0.05) is 13.8 Å². The van der Waals surface area contributed by atoms with Crippen LogP contribution < -0.4 is 0 Å². The van der Waals surface area contributed by atoms with E-state index < -0.39 is 0 Å². The van der Waals surface area contributed by atoms with Gasteiger partial charge in [0.05, 0.1) is 7.11 Å². The average Bonchev–Trinajstić information content (AvgIpc) is 2.18. The molecule has 0 rings (SSSR count). The second-order valence-electron chi connectivity index (χ2n) is 3.65. The van der Waals surface area contributed by atoms with Crippen LogP contribution in [0.15, 0.2) is 0 Å². The Labute approximate surface area is 86.8 Å². The van der Waals surface area contributed by atoms with Crippen molar-refractivity contribution in [3.63, 3.8) is 0 Å². The van der Waals surface area contributed by atoms with Gasteiger partial charge in [-0.15, -0.1) is 0 Å². The van der Waals surface area contributed by atoms with Crippen LogP contribution in [0.1, 0.15) is 39.5 Å². The molecule has 0 spiro atoms. The average molecular weight is 202 g/mol. The van der Waals surface area contributed by atoms with Crippen molar-refractivity contribution in [2.75, 3.05) is 20.3 Å². The Morgan fingerprint density at radius 3 is 2.71 bits per heavy atom. The van der Waals surface area contributed by atoms with Gasteiger partial charge in [0.1, 0.15) is 0 Å². The molecule has 0 aliphatic carbocycles. The number of hydrogen-bond acceptors (Lipinski definition) is 3. The van der Waals surface area contributed by atoms with E-state index in [1.165, 1.54) is 7.11 Å². The van der Waals surface area contributed by atoms with Crippen LogP contribution in [0.3, 0.4) is 0 Å². The van der Waals surface area contributed by atoms with Crippen LogP contribution in [0, 0.1) is 5.92 Å². The van der Waals surface area contributed by atoms with E-state index in [4.69, 9.17) is 4.74 Å². The highest BCUT2D eigenvalue weighted by molar-refractivity contribution is 5.68. The van der Waals surface area contributed by atoms with Gasteiger partial charge in [-0.05, 0) is 25.2 Å². The highest BCUT2D eigenvalue weighted by Gasteiger charge is 2.04. The lowest BCUT2D eigenvalue weighted by Gasteiger charge is -2.10. The highest BCUT2D eigenvalue weighted by atomic mass is 16.5. The van der Waals surface area contributed by atoms with Gasteiger partial charge in [0.15, 0.2) is 0 Å². The normalized spacial score (nSPS) is 12.5. The number of hydrogen-bond donors (Lipinski definition) is 0. The van der Waals surface area contributed by atoms with E-state index in [0.717, 1.165) is 32.5 Å². The maximum atomic E-state index is 10.8. The molecule has 0 aromatic rings. The molecule has 0 radical (unpaired) electrons. The molecule has 0 aliphatic heterocycles. The molecule has 0 aromatic heterocycles. The summed E-state index contributed by atoms with van der Waals surface area (Å²) in [6.07, 6.45) is 3.51. The SMILES string of the molecule is CCCOCC(C)CCCC(=O)OC. The number of esters is 1. The maximum Gasteiger partial charge on any atom is 0.305 e. The standard InChI is InChI=1S/C11H22O3/c1-4-8-14-9-10(2)6-5-7-11(12)13-3/h10H,4-9H2,1-3H3. The lowest BCUT2D eigenvalue weighted by molar-refractivity contribution is -0.140. The van der Waals surface area contributed by atoms with Gasteiger partial charge >= 0.3 is 5.97 Å². The van der Waals surface area contributed by atoms with E-state index in [1.807, 2.05) is 0 Å². The quantitative estimate of drug-likeness (QED) is 0.448. The number of ether oxygens (including phenoxy) is 2. The van der Waals surface area contributed by atoms with Gasteiger partial charge in [-0.25, -0.2) is 0 Å². The first-order chi connectivity index (χ1) is 6.70. The van der Waals surface area contributed by atoms with E-state index in [9.17, 15) is 4.79 Å². The monoisotopic (exact) mass is 202 g/mol. The zero-order chi connectivity index (χ0) is 10.8. The molecule has 0 aromatic carbocycles. The van der Waals surface area contributed by atoms with Gasteiger partial charge in [-0.3, -0.25) is 4.79 Å². The Kier molecular flexibility index (Phi) is 8.64. The maximum absolute atomic E-state index is 10.8. The fraction of sp³-hybridized carbons (Fsp3) is 0.909. The van der Waals surface area contributed by atoms with Crippen molar-refractivity contribution in [2.45, 2.75) is 39.5 Å². The van der Waals surface area contributed by atoms with Crippen LogP contribution in [-0.2, 0) is 14.3 Å². The van der Waals surface area contributed by atoms with Crippen molar-refractivity contribution in [1.82, 2.24) is 0 Å². The number of carbonyl (C=O) groups is 1. The molecule has 0 amide bonds. The molecule has 0 heterocycles. The van der Waals surface area contributed by atoms with Crippen molar-refractivity contribution < 1.29 is 14.3 Å². The van der Waals surface area contributed by atoms with Crippen LogP contribution in [-0.4, -0.2) is 26.3 Å². The predicted octanol–water partition coefficient (Wildman–Crippen LogP) is 2.39. The Hall–Kier alpha value is -0.570. The minimum absolute atomic E-state index is 0.119. The van der Waals surface area contributed by atoms with Gasteiger partial charge in [-0.2, -0.15) is 0 Å². The molecule has 84 valence electrons. The minimum atomic E-state index is -0.119. The Bertz CT molecular complexity index is 145. The minimum Gasteiger partial charge on any atom is -0.469 e.